The molecule has 1 atom stereocenters. The molecular formula is C14H18Cl2FN3OS. The Labute approximate surface area is 145 Å². The van der Waals surface area contributed by atoms with Crippen LogP contribution >= 0.6 is 36.2 Å². The zero-order valence-electron chi connectivity index (χ0n) is 12.2. The van der Waals surface area contributed by atoms with Crippen LogP contribution in [0.4, 0.5) is 4.39 Å². The first-order chi connectivity index (χ1) is 9.54. The van der Waals surface area contributed by atoms with Crippen LogP contribution in [0.15, 0.2) is 29.6 Å². The molecule has 122 valence electrons. The van der Waals surface area contributed by atoms with Gasteiger partial charge in [0.25, 0.3) is 5.91 Å². The number of amides is 1. The van der Waals surface area contributed by atoms with Crippen molar-refractivity contribution in [1.29, 1.82) is 0 Å². The topological polar surface area (TPSA) is 59.2 Å². The lowest BCUT2D eigenvalue weighted by Crippen LogP contribution is -2.39. The number of carbonyl (C=O) groups is 1. The fourth-order valence-corrected chi connectivity index (χ4v) is 2.49. The van der Waals surface area contributed by atoms with Gasteiger partial charge in [-0.25, -0.2) is 9.37 Å². The number of halogens is 3. The molecule has 0 spiro atoms. The smallest absolute Gasteiger partial charge is 0.273 e. The fraction of sp³-hybridized carbons (Fsp3) is 0.286. The van der Waals surface area contributed by atoms with Crippen LogP contribution in [0.5, 0.6) is 0 Å². The molecule has 22 heavy (non-hydrogen) atoms. The van der Waals surface area contributed by atoms with Crippen molar-refractivity contribution in [2.24, 2.45) is 5.73 Å². The molecule has 1 heterocycles. The molecule has 2 aromatic rings. The van der Waals surface area contributed by atoms with Crippen LogP contribution in [0, 0.1) is 5.82 Å². The quantitative estimate of drug-likeness (QED) is 0.904. The molecule has 1 aromatic carbocycles. The fourth-order valence-electron chi connectivity index (χ4n) is 1.67. The number of aromatic nitrogens is 1. The number of thiazole rings is 1. The molecule has 0 aliphatic heterocycles. The number of nitrogens with zero attached hydrogens (tertiary/aromatic N) is 2. The van der Waals surface area contributed by atoms with Gasteiger partial charge in [0.2, 0.25) is 0 Å². The van der Waals surface area contributed by atoms with Gasteiger partial charge in [0.05, 0.1) is 0 Å². The maximum absolute atomic E-state index is 13.7. The highest BCUT2D eigenvalue weighted by Gasteiger charge is 2.20. The van der Waals surface area contributed by atoms with E-state index in [1.54, 1.807) is 35.5 Å². The Morgan fingerprint density at radius 2 is 2.05 bits per heavy atom. The highest BCUT2D eigenvalue weighted by atomic mass is 35.5. The van der Waals surface area contributed by atoms with Gasteiger partial charge >= 0.3 is 0 Å². The van der Waals surface area contributed by atoms with Gasteiger partial charge in [0, 0.05) is 30.6 Å². The third kappa shape index (κ3) is 4.39. The van der Waals surface area contributed by atoms with E-state index >= 15 is 0 Å². The van der Waals surface area contributed by atoms with Crippen LogP contribution < -0.4 is 5.73 Å². The van der Waals surface area contributed by atoms with Crippen LogP contribution in [0.1, 0.15) is 17.4 Å². The van der Waals surface area contributed by atoms with E-state index in [0.29, 0.717) is 22.8 Å². The number of likely N-dealkylation sites (N-methyl/N-ethyl adjacent to an activating group) is 1. The van der Waals surface area contributed by atoms with Crippen LogP contribution in [0.2, 0.25) is 0 Å². The van der Waals surface area contributed by atoms with E-state index in [2.05, 4.69) is 4.98 Å². The summed E-state index contributed by atoms with van der Waals surface area (Å²) in [6.45, 7) is 2.24. The zero-order chi connectivity index (χ0) is 14.7. The predicted octanol–water partition coefficient (Wildman–Crippen LogP) is 3.21. The largest absolute Gasteiger partial charge is 0.336 e. The normalized spacial score (nSPS) is 11.1. The van der Waals surface area contributed by atoms with Gasteiger partial charge in [-0.1, -0.05) is 12.1 Å². The molecule has 4 nitrogen and oxygen atoms in total. The van der Waals surface area contributed by atoms with E-state index in [9.17, 15) is 9.18 Å². The molecule has 2 N–H and O–H groups in total. The minimum Gasteiger partial charge on any atom is -0.336 e. The lowest BCUT2D eigenvalue weighted by molar-refractivity contribution is 0.0743. The van der Waals surface area contributed by atoms with Crippen molar-refractivity contribution >= 4 is 42.1 Å². The molecule has 0 radical (unpaired) electrons. The van der Waals surface area contributed by atoms with Gasteiger partial charge in [-0.2, -0.15) is 0 Å². The van der Waals surface area contributed by atoms with E-state index in [-0.39, 0.29) is 42.6 Å². The second-order valence-electron chi connectivity index (χ2n) is 4.52. The van der Waals surface area contributed by atoms with Gasteiger partial charge in [-0.15, -0.1) is 36.2 Å². The van der Waals surface area contributed by atoms with Gasteiger partial charge in [0.1, 0.15) is 16.5 Å². The number of hydrogen-bond acceptors (Lipinski definition) is 4. The lowest BCUT2D eigenvalue weighted by Gasteiger charge is -2.22. The van der Waals surface area contributed by atoms with Crippen molar-refractivity contribution < 1.29 is 9.18 Å². The second kappa shape index (κ2) is 9.05. The Morgan fingerprint density at radius 3 is 2.64 bits per heavy atom. The molecule has 0 bridgehead atoms. The Kier molecular flexibility index (Phi) is 8.55. The molecule has 1 amide bonds. The lowest BCUT2D eigenvalue weighted by atomic mass is 10.2. The summed E-state index contributed by atoms with van der Waals surface area (Å²) >= 11 is 1.25. The van der Waals surface area contributed by atoms with E-state index in [1.165, 1.54) is 17.4 Å². The average Bonchev–Trinajstić information content (AvgIpc) is 2.94. The predicted molar refractivity (Wildman–Crippen MR) is 92.6 cm³/mol. The Hall–Kier alpha value is -1.21. The molecule has 0 fully saturated rings. The monoisotopic (exact) mass is 365 g/mol. The van der Waals surface area contributed by atoms with Crippen molar-refractivity contribution in [2.75, 3.05) is 13.6 Å². The molecule has 0 aliphatic carbocycles. The number of rotatable bonds is 4. The standard InChI is InChI=1S/C14H16FN3OS.2ClH/c1-9(7-16)18(2)14(19)12-8-20-13(17-12)10-5-3-4-6-11(10)15;;/h3-6,8-9H,7,16H2,1-2H3;2*1H. The van der Waals surface area contributed by atoms with E-state index < -0.39 is 0 Å². The Morgan fingerprint density at radius 1 is 1.41 bits per heavy atom. The number of nitrogens with two attached hydrogens (primary N) is 1. The summed E-state index contributed by atoms with van der Waals surface area (Å²) < 4.78 is 13.7. The molecule has 1 unspecified atom stereocenters. The highest BCUT2D eigenvalue weighted by molar-refractivity contribution is 7.13. The van der Waals surface area contributed by atoms with E-state index in [4.69, 9.17) is 5.73 Å². The highest BCUT2D eigenvalue weighted by Crippen LogP contribution is 2.26. The summed E-state index contributed by atoms with van der Waals surface area (Å²) in [5.41, 5.74) is 6.27. The SMILES string of the molecule is CC(CN)N(C)C(=O)c1csc(-c2ccccc2F)n1.Cl.Cl. The average molecular weight is 366 g/mol. The molecule has 1 aromatic heterocycles. The van der Waals surface area contributed by atoms with Gasteiger partial charge in [-0.3, -0.25) is 4.79 Å². The van der Waals surface area contributed by atoms with Gasteiger partial charge in [0.15, 0.2) is 0 Å². The third-order valence-electron chi connectivity index (χ3n) is 3.15. The minimum atomic E-state index is -0.343. The minimum absolute atomic E-state index is 0. The third-order valence-corrected chi connectivity index (χ3v) is 4.03. The summed E-state index contributed by atoms with van der Waals surface area (Å²) in [6.07, 6.45) is 0. The van der Waals surface area contributed by atoms with Gasteiger partial charge in [-0.05, 0) is 19.1 Å². The van der Waals surface area contributed by atoms with Crippen LogP contribution in [-0.4, -0.2) is 35.4 Å². The van der Waals surface area contributed by atoms with E-state index in [1.807, 2.05) is 6.92 Å². The summed E-state index contributed by atoms with van der Waals surface area (Å²) in [5, 5.41) is 2.14. The summed E-state index contributed by atoms with van der Waals surface area (Å²) in [6, 6.07) is 6.32. The first-order valence-electron chi connectivity index (χ1n) is 6.22. The van der Waals surface area contributed by atoms with Crippen LogP contribution in [0.25, 0.3) is 10.6 Å². The van der Waals surface area contributed by atoms with Crippen LogP contribution in [-0.2, 0) is 0 Å². The van der Waals surface area contributed by atoms with Crippen molar-refractivity contribution in [2.45, 2.75) is 13.0 Å². The molecule has 0 saturated heterocycles. The van der Waals surface area contributed by atoms with Gasteiger partial charge < -0.3 is 10.6 Å². The van der Waals surface area contributed by atoms with Crippen LogP contribution in [0.3, 0.4) is 0 Å². The molecule has 2 rings (SSSR count). The molecule has 8 heteroatoms. The number of benzene rings is 1. The molecule has 0 saturated carbocycles. The summed E-state index contributed by atoms with van der Waals surface area (Å²) in [7, 11) is 1.68. The number of hydrogen-bond donors (Lipinski definition) is 1. The van der Waals surface area contributed by atoms with E-state index in [0.717, 1.165) is 0 Å². The van der Waals surface area contributed by atoms with Crippen molar-refractivity contribution in [3.63, 3.8) is 0 Å². The molecule has 0 aliphatic rings. The summed E-state index contributed by atoms with van der Waals surface area (Å²) in [4.78, 5) is 18.0. The Bertz CT molecular complexity index is 624. The number of carbonyl (C=O) groups excluding carboxylic acids is 1. The zero-order valence-corrected chi connectivity index (χ0v) is 14.6. The molecular weight excluding hydrogens is 348 g/mol. The summed E-state index contributed by atoms with van der Waals surface area (Å²) in [5.74, 6) is -0.550. The first-order valence-corrected chi connectivity index (χ1v) is 7.10. The van der Waals surface area contributed by atoms with Crippen molar-refractivity contribution in [3.05, 3.63) is 41.2 Å². The van der Waals surface area contributed by atoms with Crippen molar-refractivity contribution in [1.82, 2.24) is 9.88 Å². The second-order valence-corrected chi connectivity index (χ2v) is 5.38. The maximum atomic E-state index is 13.7. The first kappa shape index (κ1) is 20.8. The Balaban J connectivity index is 0.00000220. The van der Waals surface area contributed by atoms with Crippen molar-refractivity contribution in [3.8, 4) is 10.6 Å². The maximum Gasteiger partial charge on any atom is 0.273 e.